The van der Waals surface area contributed by atoms with Gasteiger partial charge in [-0.05, 0) is 18.8 Å². The van der Waals surface area contributed by atoms with Crippen LogP contribution in [0.1, 0.15) is 12.8 Å². The number of hydrogen-bond acceptors (Lipinski definition) is 3. The van der Waals surface area contributed by atoms with E-state index in [-0.39, 0.29) is 0 Å². The van der Waals surface area contributed by atoms with Gasteiger partial charge in [0.2, 0.25) is 0 Å². The minimum atomic E-state index is 0.301. The highest BCUT2D eigenvalue weighted by atomic mass is 16.5. The molecule has 1 aliphatic carbocycles. The van der Waals surface area contributed by atoms with Crippen molar-refractivity contribution >= 4 is 0 Å². The molecule has 3 heterocycles. The van der Waals surface area contributed by atoms with Crippen LogP contribution in [0.3, 0.4) is 0 Å². The largest absolute Gasteiger partial charge is 0.374 e. The molecule has 0 aromatic heterocycles. The predicted molar refractivity (Wildman–Crippen MR) is 45.8 cm³/mol. The molecule has 2 bridgehead atoms. The van der Waals surface area contributed by atoms with Gasteiger partial charge in [0.15, 0.2) is 0 Å². The van der Waals surface area contributed by atoms with Crippen molar-refractivity contribution in [1.29, 1.82) is 0 Å². The summed E-state index contributed by atoms with van der Waals surface area (Å²) in [5.41, 5.74) is 6.06. The molecule has 4 fully saturated rings. The second-order valence-electron chi connectivity index (χ2n) is 4.57. The Morgan fingerprint density at radius 2 is 2.25 bits per heavy atom. The van der Waals surface area contributed by atoms with Crippen molar-refractivity contribution in [1.82, 2.24) is 4.90 Å². The third-order valence-electron chi connectivity index (χ3n) is 3.76. The first-order chi connectivity index (χ1) is 5.82. The highest BCUT2D eigenvalue weighted by molar-refractivity contribution is 5.12. The molecule has 1 saturated carbocycles. The molecule has 1 spiro atoms. The van der Waals surface area contributed by atoms with Crippen molar-refractivity contribution in [3.05, 3.63) is 0 Å². The van der Waals surface area contributed by atoms with Gasteiger partial charge in [-0.2, -0.15) is 0 Å². The summed E-state index contributed by atoms with van der Waals surface area (Å²) in [6.07, 6.45) is 3.06. The molecule has 1 atom stereocenters. The molecule has 3 saturated heterocycles. The number of morpholine rings is 1. The fourth-order valence-electron chi connectivity index (χ4n) is 3.10. The van der Waals surface area contributed by atoms with Crippen molar-refractivity contribution in [2.24, 2.45) is 11.7 Å². The minimum absolute atomic E-state index is 0.301. The molecule has 0 radical (unpaired) electrons. The lowest BCUT2D eigenvalue weighted by atomic mass is 9.73. The first-order valence-electron chi connectivity index (χ1n) is 4.89. The van der Waals surface area contributed by atoms with E-state index >= 15 is 0 Å². The molecule has 4 rings (SSSR count). The average Bonchev–Trinajstić information content (AvgIpc) is 2.55. The highest BCUT2D eigenvalue weighted by Crippen LogP contribution is 2.51. The van der Waals surface area contributed by atoms with Crippen LogP contribution in [0.4, 0.5) is 0 Å². The Balaban J connectivity index is 1.76. The molecule has 0 amide bonds. The second kappa shape index (κ2) is 2.22. The van der Waals surface area contributed by atoms with Gasteiger partial charge in [-0.1, -0.05) is 0 Å². The molecule has 3 heteroatoms. The van der Waals surface area contributed by atoms with Gasteiger partial charge >= 0.3 is 0 Å². The predicted octanol–water partition coefficient (Wildman–Crippen LogP) is -0.192. The molecule has 2 N–H and O–H groups in total. The van der Waals surface area contributed by atoms with Crippen LogP contribution >= 0.6 is 0 Å². The Morgan fingerprint density at radius 1 is 1.42 bits per heavy atom. The van der Waals surface area contributed by atoms with Crippen molar-refractivity contribution in [3.8, 4) is 0 Å². The molecule has 3 aliphatic heterocycles. The van der Waals surface area contributed by atoms with Crippen LogP contribution in [0, 0.1) is 5.92 Å². The van der Waals surface area contributed by atoms with Gasteiger partial charge < -0.3 is 10.5 Å². The van der Waals surface area contributed by atoms with Crippen LogP contribution in [-0.2, 0) is 4.74 Å². The maximum absolute atomic E-state index is 5.72. The standard InChI is InChI=1S/C9H16N2O/c10-3-8-5-11-4-7-1-9(11,2-7)6-12-8/h7-8H,1-6,10H2. The van der Waals surface area contributed by atoms with Gasteiger partial charge in [-0.15, -0.1) is 0 Å². The van der Waals surface area contributed by atoms with E-state index < -0.39 is 0 Å². The SMILES string of the molecule is NCC1CN2CC3CC2(CO1)C3. The summed E-state index contributed by atoms with van der Waals surface area (Å²) in [6, 6.07) is 0. The maximum atomic E-state index is 5.72. The van der Waals surface area contributed by atoms with Crippen LogP contribution in [0.25, 0.3) is 0 Å². The fourth-order valence-corrected chi connectivity index (χ4v) is 3.10. The normalized spacial score (nSPS) is 51.8. The van der Waals surface area contributed by atoms with Gasteiger partial charge in [0.1, 0.15) is 0 Å². The van der Waals surface area contributed by atoms with Gasteiger partial charge in [0, 0.05) is 25.2 Å². The van der Waals surface area contributed by atoms with E-state index in [9.17, 15) is 0 Å². The second-order valence-corrected chi connectivity index (χ2v) is 4.57. The Hall–Kier alpha value is -0.120. The summed E-state index contributed by atoms with van der Waals surface area (Å²) in [5.74, 6) is 0.977. The summed E-state index contributed by atoms with van der Waals surface area (Å²) >= 11 is 0. The summed E-state index contributed by atoms with van der Waals surface area (Å²) in [6.45, 7) is 4.00. The van der Waals surface area contributed by atoms with E-state index in [2.05, 4.69) is 4.90 Å². The average molecular weight is 168 g/mol. The Kier molecular flexibility index (Phi) is 1.35. The molecule has 1 unspecified atom stereocenters. The number of hydrogen-bond donors (Lipinski definition) is 1. The highest BCUT2D eigenvalue weighted by Gasteiger charge is 2.57. The zero-order valence-electron chi connectivity index (χ0n) is 7.33. The molecule has 0 aromatic carbocycles. The van der Waals surface area contributed by atoms with E-state index in [1.54, 1.807) is 0 Å². The van der Waals surface area contributed by atoms with E-state index in [1.165, 1.54) is 19.4 Å². The summed E-state index contributed by atoms with van der Waals surface area (Å²) in [7, 11) is 0. The van der Waals surface area contributed by atoms with Crippen LogP contribution in [-0.4, -0.2) is 42.8 Å². The van der Waals surface area contributed by atoms with Crippen LogP contribution < -0.4 is 5.73 Å². The van der Waals surface area contributed by atoms with E-state index in [4.69, 9.17) is 10.5 Å². The van der Waals surface area contributed by atoms with Crippen molar-refractivity contribution in [3.63, 3.8) is 0 Å². The third kappa shape index (κ3) is 0.767. The topological polar surface area (TPSA) is 38.5 Å². The molecular weight excluding hydrogens is 152 g/mol. The number of nitrogens with two attached hydrogens (primary N) is 1. The number of ether oxygens (including phenoxy) is 1. The van der Waals surface area contributed by atoms with Crippen LogP contribution in [0.15, 0.2) is 0 Å². The van der Waals surface area contributed by atoms with Gasteiger partial charge in [0.05, 0.1) is 12.7 Å². The van der Waals surface area contributed by atoms with Crippen LogP contribution in [0.2, 0.25) is 0 Å². The molecular formula is C9H16N2O. The lowest BCUT2D eigenvalue weighted by molar-refractivity contribution is -0.0993. The zero-order chi connectivity index (χ0) is 8.18. The first kappa shape index (κ1) is 7.30. The van der Waals surface area contributed by atoms with Gasteiger partial charge in [-0.3, -0.25) is 4.90 Å². The first-order valence-corrected chi connectivity index (χ1v) is 4.89. The fraction of sp³-hybridized carbons (Fsp3) is 1.00. The molecule has 4 aliphatic rings. The van der Waals surface area contributed by atoms with Crippen molar-refractivity contribution < 1.29 is 4.74 Å². The smallest absolute Gasteiger partial charge is 0.0825 e. The van der Waals surface area contributed by atoms with Crippen molar-refractivity contribution in [2.75, 3.05) is 26.2 Å². The van der Waals surface area contributed by atoms with Gasteiger partial charge in [0.25, 0.3) is 0 Å². The monoisotopic (exact) mass is 168 g/mol. The van der Waals surface area contributed by atoms with E-state index in [0.717, 1.165) is 19.1 Å². The Bertz CT molecular complexity index is 201. The third-order valence-corrected chi connectivity index (χ3v) is 3.76. The molecule has 3 nitrogen and oxygen atoms in total. The summed E-state index contributed by atoms with van der Waals surface area (Å²) < 4.78 is 5.72. The minimum Gasteiger partial charge on any atom is -0.374 e. The lowest BCUT2D eigenvalue weighted by Gasteiger charge is -2.47. The van der Waals surface area contributed by atoms with Crippen molar-refractivity contribution in [2.45, 2.75) is 24.5 Å². The molecule has 68 valence electrons. The summed E-state index contributed by atoms with van der Waals surface area (Å²) in [5, 5.41) is 0. The van der Waals surface area contributed by atoms with Crippen LogP contribution in [0.5, 0.6) is 0 Å². The summed E-state index contributed by atoms with van der Waals surface area (Å²) in [4.78, 5) is 2.61. The quantitative estimate of drug-likeness (QED) is 0.589. The number of nitrogens with zero attached hydrogens (tertiary/aromatic N) is 1. The number of rotatable bonds is 1. The Morgan fingerprint density at radius 3 is 3.00 bits per heavy atom. The molecule has 0 aromatic rings. The Labute approximate surface area is 72.9 Å². The lowest BCUT2D eigenvalue weighted by Crippen LogP contribution is -2.58. The van der Waals surface area contributed by atoms with E-state index in [1.807, 2.05) is 0 Å². The van der Waals surface area contributed by atoms with Gasteiger partial charge in [-0.25, -0.2) is 0 Å². The molecule has 12 heavy (non-hydrogen) atoms. The zero-order valence-corrected chi connectivity index (χ0v) is 7.33. The maximum Gasteiger partial charge on any atom is 0.0825 e. The van der Waals surface area contributed by atoms with E-state index in [0.29, 0.717) is 18.2 Å².